The van der Waals surface area contributed by atoms with E-state index < -0.39 is 28.7 Å². The predicted octanol–water partition coefficient (Wildman–Crippen LogP) is 4.82. The monoisotopic (exact) mass is 497 g/mol. The molecule has 0 aliphatic rings. The highest BCUT2D eigenvalue weighted by atomic mass is 32.2. The van der Waals surface area contributed by atoms with E-state index in [0.717, 1.165) is 19.3 Å². The third-order valence-corrected chi connectivity index (χ3v) is 6.85. The molecule has 0 aliphatic heterocycles. The number of hydrogen-bond donors (Lipinski definition) is 1. The van der Waals surface area contributed by atoms with Crippen LogP contribution in [0.25, 0.3) is 0 Å². The Morgan fingerprint density at radius 3 is 2.09 bits per heavy atom. The molecule has 0 bridgehead atoms. The van der Waals surface area contributed by atoms with Gasteiger partial charge in [0.15, 0.2) is 11.6 Å². The second-order valence-electron chi connectivity index (χ2n) is 10.3. The van der Waals surface area contributed by atoms with Crippen molar-refractivity contribution in [2.45, 2.75) is 99.0 Å². The van der Waals surface area contributed by atoms with E-state index in [0.29, 0.717) is 18.4 Å². The molecule has 1 N–H and O–H groups in total. The molecule has 1 unspecified atom stereocenters. The first-order chi connectivity index (χ1) is 15.8. The molecular formula is C27H47NO5S. The predicted molar refractivity (Wildman–Crippen MR) is 140 cm³/mol. The van der Waals surface area contributed by atoms with Gasteiger partial charge in [-0.25, -0.2) is 0 Å². The van der Waals surface area contributed by atoms with Crippen molar-refractivity contribution in [1.82, 2.24) is 5.32 Å². The van der Waals surface area contributed by atoms with Gasteiger partial charge < -0.3 is 5.32 Å². The Morgan fingerprint density at radius 1 is 1.00 bits per heavy atom. The molecule has 0 radical (unpaired) electrons. The zero-order valence-electron chi connectivity index (χ0n) is 22.4. The minimum absolute atomic E-state index is 0.00740. The van der Waals surface area contributed by atoms with Crippen molar-refractivity contribution in [2.24, 2.45) is 23.7 Å². The van der Waals surface area contributed by atoms with Crippen molar-refractivity contribution in [3.05, 3.63) is 12.2 Å². The number of allylic oxidation sites excluding steroid dienone is 1. The van der Waals surface area contributed by atoms with Crippen LogP contribution in [-0.2, 0) is 30.0 Å². The fourth-order valence-corrected chi connectivity index (χ4v) is 4.58. The van der Waals surface area contributed by atoms with Gasteiger partial charge in [-0.2, -0.15) is 0 Å². The molecule has 0 saturated heterocycles. The second kappa shape index (κ2) is 16.9. The molecule has 0 fully saturated rings. The maximum Gasteiger partial charge on any atom is 0.224 e. The largest absolute Gasteiger partial charge is 0.346 e. The SMILES string of the molecule is C=C(C)C(=O)[C@@H](CC(=O)[C@H](CCS(C)=O)NC(=O)[C@@H](CC(=O)CCCCC)C(C)C)CC(C)C. The number of rotatable bonds is 19. The molecule has 0 aromatic heterocycles. The number of unbranched alkanes of at least 4 members (excludes halogenated alkanes) is 2. The summed E-state index contributed by atoms with van der Waals surface area (Å²) in [5.74, 6) is -1.24. The van der Waals surface area contributed by atoms with Crippen molar-refractivity contribution in [2.75, 3.05) is 12.0 Å². The summed E-state index contributed by atoms with van der Waals surface area (Å²) in [5, 5.41) is 2.84. The number of hydrogen-bond acceptors (Lipinski definition) is 5. The molecule has 0 aromatic rings. The summed E-state index contributed by atoms with van der Waals surface area (Å²) in [6.07, 6.45) is 5.79. The lowest BCUT2D eigenvalue weighted by Crippen LogP contribution is -2.46. The van der Waals surface area contributed by atoms with E-state index in [-0.39, 0.29) is 60.1 Å². The van der Waals surface area contributed by atoms with Gasteiger partial charge in [-0.1, -0.05) is 54.0 Å². The number of carbonyl (C=O) groups excluding carboxylic acids is 4. The van der Waals surface area contributed by atoms with E-state index in [1.165, 1.54) is 0 Å². The van der Waals surface area contributed by atoms with Crippen molar-refractivity contribution in [3.63, 3.8) is 0 Å². The van der Waals surface area contributed by atoms with E-state index in [1.807, 2.05) is 27.7 Å². The van der Waals surface area contributed by atoms with Crippen LogP contribution in [0.1, 0.15) is 92.9 Å². The summed E-state index contributed by atoms with van der Waals surface area (Å²) in [7, 11) is -1.13. The Balaban J connectivity index is 5.53. The van der Waals surface area contributed by atoms with Gasteiger partial charge in [-0.3, -0.25) is 23.4 Å². The average molecular weight is 498 g/mol. The fourth-order valence-electron chi connectivity index (χ4n) is 4.01. The molecule has 1 amide bonds. The van der Waals surface area contributed by atoms with Crippen LogP contribution in [0.15, 0.2) is 12.2 Å². The molecule has 196 valence electrons. The van der Waals surface area contributed by atoms with E-state index in [9.17, 15) is 23.4 Å². The Labute approximate surface area is 209 Å². The van der Waals surface area contributed by atoms with Crippen LogP contribution < -0.4 is 5.32 Å². The Morgan fingerprint density at radius 2 is 1.62 bits per heavy atom. The number of ketones is 3. The van der Waals surface area contributed by atoms with Gasteiger partial charge in [0.05, 0.1) is 6.04 Å². The molecule has 0 heterocycles. The number of nitrogens with one attached hydrogen (secondary N) is 1. The third kappa shape index (κ3) is 13.3. The summed E-state index contributed by atoms with van der Waals surface area (Å²) in [5.41, 5.74) is 0.412. The fraction of sp³-hybridized carbons (Fsp3) is 0.778. The van der Waals surface area contributed by atoms with Crippen molar-refractivity contribution in [3.8, 4) is 0 Å². The van der Waals surface area contributed by atoms with Gasteiger partial charge in [-0.15, -0.1) is 0 Å². The van der Waals surface area contributed by atoms with E-state index in [2.05, 4.69) is 18.8 Å². The normalized spacial score (nSPS) is 15.0. The Kier molecular flexibility index (Phi) is 16.1. The van der Waals surface area contributed by atoms with Gasteiger partial charge in [0.2, 0.25) is 5.91 Å². The van der Waals surface area contributed by atoms with Gasteiger partial charge >= 0.3 is 0 Å². The summed E-state index contributed by atoms with van der Waals surface area (Å²) < 4.78 is 11.7. The Hall–Kier alpha value is -1.63. The summed E-state index contributed by atoms with van der Waals surface area (Å²) >= 11 is 0. The number of carbonyl (C=O) groups is 4. The van der Waals surface area contributed by atoms with E-state index >= 15 is 0 Å². The molecule has 7 heteroatoms. The summed E-state index contributed by atoms with van der Waals surface area (Å²) in [4.78, 5) is 51.4. The molecular weight excluding hydrogens is 450 g/mol. The summed E-state index contributed by atoms with van der Waals surface area (Å²) in [6, 6.07) is -0.833. The van der Waals surface area contributed by atoms with Crippen LogP contribution >= 0.6 is 0 Å². The topological polar surface area (TPSA) is 97.4 Å². The first-order valence-corrected chi connectivity index (χ1v) is 14.4. The van der Waals surface area contributed by atoms with Crippen molar-refractivity contribution >= 4 is 34.1 Å². The summed E-state index contributed by atoms with van der Waals surface area (Å²) in [6.45, 7) is 15.2. The Bertz CT molecular complexity index is 729. The minimum Gasteiger partial charge on any atom is -0.346 e. The first kappa shape index (κ1) is 32.4. The molecule has 0 rings (SSSR count). The van der Waals surface area contributed by atoms with E-state index in [1.54, 1.807) is 13.2 Å². The van der Waals surface area contributed by atoms with Crippen LogP contribution in [0.5, 0.6) is 0 Å². The second-order valence-corrected chi connectivity index (χ2v) is 11.9. The van der Waals surface area contributed by atoms with Crippen LogP contribution in [-0.4, -0.2) is 45.5 Å². The van der Waals surface area contributed by atoms with Crippen LogP contribution in [0.3, 0.4) is 0 Å². The quantitative estimate of drug-likeness (QED) is 0.204. The standard InChI is InChI=1S/C27H47NO5S/c1-9-10-11-12-22(29)17-23(19(4)5)27(32)28-24(13-14-34(8)33)25(30)16-21(15-18(2)3)26(31)20(6)7/h18-19,21,23-24H,6,9-17H2,1-5,7-8H3,(H,28,32)/t21-,23+,24+,34?/m1/s1. The van der Waals surface area contributed by atoms with Crippen molar-refractivity contribution in [1.29, 1.82) is 0 Å². The van der Waals surface area contributed by atoms with Crippen molar-refractivity contribution < 1.29 is 23.4 Å². The lowest BCUT2D eigenvalue weighted by Gasteiger charge is -2.25. The van der Waals surface area contributed by atoms with Crippen LogP contribution in [0, 0.1) is 23.7 Å². The minimum atomic E-state index is -1.13. The molecule has 34 heavy (non-hydrogen) atoms. The smallest absolute Gasteiger partial charge is 0.224 e. The molecule has 0 saturated carbocycles. The first-order valence-electron chi connectivity index (χ1n) is 12.6. The maximum absolute atomic E-state index is 13.2. The highest BCUT2D eigenvalue weighted by molar-refractivity contribution is 7.84. The molecule has 0 aromatic carbocycles. The zero-order valence-corrected chi connectivity index (χ0v) is 23.2. The maximum atomic E-state index is 13.2. The highest BCUT2D eigenvalue weighted by Gasteiger charge is 2.31. The zero-order chi connectivity index (χ0) is 26.4. The van der Waals surface area contributed by atoms with Crippen LogP contribution in [0.2, 0.25) is 0 Å². The molecule has 6 nitrogen and oxygen atoms in total. The molecule has 0 spiro atoms. The van der Waals surface area contributed by atoms with Gasteiger partial charge in [0.1, 0.15) is 5.78 Å². The number of amides is 1. The lowest BCUT2D eigenvalue weighted by atomic mass is 9.84. The van der Waals surface area contributed by atoms with E-state index in [4.69, 9.17) is 0 Å². The van der Waals surface area contributed by atoms with Crippen LogP contribution in [0.4, 0.5) is 0 Å². The van der Waals surface area contributed by atoms with Gasteiger partial charge in [-0.05, 0) is 43.6 Å². The molecule has 4 atom stereocenters. The highest BCUT2D eigenvalue weighted by Crippen LogP contribution is 2.22. The molecule has 0 aliphatic carbocycles. The average Bonchev–Trinajstić information content (AvgIpc) is 2.72. The van der Waals surface area contributed by atoms with Gasteiger partial charge in [0, 0.05) is 53.9 Å². The van der Waals surface area contributed by atoms with Gasteiger partial charge in [0.25, 0.3) is 0 Å². The third-order valence-electron chi connectivity index (χ3n) is 6.04. The number of Topliss-reactive ketones (excluding diaryl/α,β-unsaturated/α-hetero) is 3. The lowest BCUT2D eigenvalue weighted by molar-refractivity contribution is -0.134.